The molecule has 2 aliphatic rings. The normalized spacial score (nSPS) is 15.5. The Hall–Kier alpha value is -4.07. The Labute approximate surface area is 222 Å². The van der Waals surface area contributed by atoms with E-state index in [9.17, 15) is 14.0 Å². The second kappa shape index (κ2) is 11.5. The molecule has 3 aromatic rings. The largest absolute Gasteiger partial charge is 0.495 e. The highest BCUT2D eigenvalue weighted by atomic mass is 19.1. The first-order chi connectivity index (χ1) is 18.5. The molecule has 5 rings (SSSR count). The van der Waals surface area contributed by atoms with E-state index in [0.717, 1.165) is 68.1 Å². The van der Waals surface area contributed by atoms with E-state index in [0.29, 0.717) is 11.3 Å². The van der Waals surface area contributed by atoms with Crippen molar-refractivity contribution < 1.29 is 18.7 Å². The number of anilines is 3. The first-order valence-corrected chi connectivity index (χ1v) is 13.1. The van der Waals surface area contributed by atoms with Crippen molar-refractivity contribution >= 4 is 28.9 Å². The molecule has 2 N–H and O–H groups in total. The van der Waals surface area contributed by atoms with Crippen LogP contribution in [-0.2, 0) is 11.3 Å². The van der Waals surface area contributed by atoms with Gasteiger partial charge in [0, 0.05) is 50.0 Å². The monoisotopic (exact) mass is 516 g/mol. The second-order valence-corrected chi connectivity index (χ2v) is 9.80. The highest BCUT2D eigenvalue weighted by Gasteiger charge is 2.27. The van der Waals surface area contributed by atoms with E-state index in [-0.39, 0.29) is 30.1 Å². The van der Waals surface area contributed by atoms with E-state index in [4.69, 9.17) is 4.74 Å². The Morgan fingerprint density at radius 1 is 0.921 bits per heavy atom. The van der Waals surface area contributed by atoms with Gasteiger partial charge in [0.25, 0.3) is 5.91 Å². The van der Waals surface area contributed by atoms with Crippen LogP contribution < -0.4 is 25.2 Å². The number of amides is 2. The maximum Gasteiger partial charge on any atom is 0.253 e. The summed E-state index contributed by atoms with van der Waals surface area (Å²) in [6, 6.07) is 19.6. The second-order valence-electron chi connectivity index (χ2n) is 9.80. The first-order valence-electron chi connectivity index (χ1n) is 13.1. The Balaban J connectivity index is 1.33. The van der Waals surface area contributed by atoms with Crippen LogP contribution in [0.4, 0.5) is 21.5 Å². The molecule has 1 heterocycles. The third-order valence-electron chi connectivity index (χ3n) is 7.40. The van der Waals surface area contributed by atoms with Gasteiger partial charge >= 0.3 is 0 Å². The molecule has 1 aliphatic carbocycles. The van der Waals surface area contributed by atoms with Crippen molar-refractivity contribution in [2.75, 3.05) is 48.4 Å². The predicted molar refractivity (Wildman–Crippen MR) is 147 cm³/mol. The smallest absolute Gasteiger partial charge is 0.253 e. The molecule has 2 fully saturated rings. The third-order valence-corrected chi connectivity index (χ3v) is 7.40. The van der Waals surface area contributed by atoms with Gasteiger partial charge in [0.2, 0.25) is 5.91 Å². The van der Waals surface area contributed by atoms with E-state index >= 15 is 0 Å². The summed E-state index contributed by atoms with van der Waals surface area (Å²) < 4.78 is 18.8. The summed E-state index contributed by atoms with van der Waals surface area (Å²) in [7, 11) is 1.68. The van der Waals surface area contributed by atoms with Gasteiger partial charge in [-0.1, -0.05) is 30.7 Å². The highest BCUT2D eigenvalue weighted by molar-refractivity contribution is 6.02. The zero-order valence-electron chi connectivity index (χ0n) is 21.6. The minimum Gasteiger partial charge on any atom is -0.495 e. The van der Waals surface area contributed by atoms with Gasteiger partial charge in [-0.15, -0.1) is 0 Å². The number of nitrogens with one attached hydrogen (secondary N) is 2. The fourth-order valence-corrected chi connectivity index (χ4v) is 4.95. The molecule has 0 aromatic heterocycles. The van der Waals surface area contributed by atoms with Gasteiger partial charge in [-0.2, -0.15) is 0 Å². The lowest BCUT2D eigenvalue weighted by atomic mass is 9.85. The van der Waals surface area contributed by atoms with Crippen LogP contribution in [0.5, 0.6) is 5.75 Å². The van der Waals surface area contributed by atoms with E-state index < -0.39 is 0 Å². The Morgan fingerprint density at radius 3 is 2.26 bits per heavy atom. The Kier molecular flexibility index (Phi) is 7.77. The first kappa shape index (κ1) is 25.6. The lowest BCUT2D eigenvalue weighted by molar-refractivity contribution is -0.122. The Bertz CT molecular complexity index is 1280. The summed E-state index contributed by atoms with van der Waals surface area (Å²) in [6.45, 7) is 3.28. The molecule has 1 saturated heterocycles. The lowest BCUT2D eigenvalue weighted by Crippen LogP contribution is -2.47. The summed E-state index contributed by atoms with van der Waals surface area (Å²) >= 11 is 0. The standard InChI is InChI=1S/C30H33FN4O3/c1-38-28-8-3-2-7-27(28)35-17-15-34(16-18-35)26-14-13-24(33-29(36)22-5-4-6-22)19-25(26)30(37)32-20-21-9-11-23(31)12-10-21/h2-3,7-14,19,22H,4-6,15-18,20H2,1H3,(H,32,37)(H,33,36). The summed E-state index contributed by atoms with van der Waals surface area (Å²) in [5.41, 5.74) is 3.81. The van der Waals surface area contributed by atoms with Crippen molar-refractivity contribution in [1.82, 2.24) is 5.32 Å². The zero-order valence-corrected chi connectivity index (χ0v) is 21.6. The average molecular weight is 517 g/mol. The number of piperazine rings is 1. The molecule has 0 spiro atoms. The molecule has 1 saturated carbocycles. The van der Waals surface area contributed by atoms with Gasteiger partial charge in [-0.3, -0.25) is 9.59 Å². The maximum atomic E-state index is 13.4. The van der Waals surface area contributed by atoms with E-state index in [2.05, 4.69) is 26.5 Å². The number of benzene rings is 3. The molecule has 198 valence electrons. The van der Waals surface area contributed by atoms with Crippen molar-refractivity contribution in [3.8, 4) is 5.75 Å². The zero-order chi connectivity index (χ0) is 26.5. The van der Waals surface area contributed by atoms with Crippen molar-refractivity contribution in [2.45, 2.75) is 25.8 Å². The van der Waals surface area contributed by atoms with Gasteiger partial charge in [0.15, 0.2) is 0 Å². The molecular weight excluding hydrogens is 483 g/mol. The quantitative estimate of drug-likeness (QED) is 0.449. The maximum absolute atomic E-state index is 13.4. The fraction of sp³-hybridized carbons (Fsp3) is 0.333. The van der Waals surface area contributed by atoms with Crippen molar-refractivity contribution in [1.29, 1.82) is 0 Å². The van der Waals surface area contributed by atoms with Gasteiger partial charge < -0.3 is 25.2 Å². The number of ether oxygens (including phenoxy) is 1. The molecule has 2 amide bonds. The fourth-order valence-electron chi connectivity index (χ4n) is 4.95. The van der Waals surface area contributed by atoms with Crippen molar-refractivity contribution in [3.05, 3.63) is 83.7 Å². The highest BCUT2D eigenvalue weighted by Crippen LogP contribution is 2.32. The van der Waals surface area contributed by atoms with E-state index in [1.807, 2.05) is 30.3 Å². The van der Waals surface area contributed by atoms with Crippen LogP contribution in [0, 0.1) is 11.7 Å². The molecular formula is C30H33FN4O3. The van der Waals surface area contributed by atoms with Gasteiger partial charge in [-0.05, 0) is 60.9 Å². The molecule has 3 aromatic carbocycles. The Morgan fingerprint density at radius 2 is 1.61 bits per heavy atom. The van der Waals surface area contributed by atoms with Gasteiger partial charge in [-0.25, -0.2) is 4.39 Å². The lowest BCUT2D eigenvalue weighted by Gasteiger charge is -2.38. The van der Waals surface area contributed by atoms with E-state index in [1.54, 1.807) is 25.3 Å². The van der Waals surface area contributed by atoms with Crippen LogP contribution in [0.3, 0.4) is 0 Å². The summed E-state index contributed by atoms with van der Waals surface area (Å²) in [5.74, 6) is 0.342. The minimum absolute atomic E-state index is 0.00657. The van der Waals surface area contributed by atoms with Crippen LogP contribution in [0.1, 0.15) is 35.2 Å². The van der Waals surface area contributed by atoms with Crippen LogP contribution >= 0.6 is 0 Å². The van der Waals surface area contributed by atoms with Crippen LogP contribution in [0.25, 0.3) is 0 Å². The number of para-hydroxylation sites is 2. The summed E-state index contributed by atoms with van der Waals surface area (Å²) in [6.07, 6.45) is 2.89. The number of nitrogens with zero attached hydrogens (tertiary/aromatic N) is 2. The van der Waals surface area contributed by atoms with Crippen LogP contribution in [0.2, 0.25) is 0 Å². The third kappa shape index (κ3) is 5.74. The predicted octanol–water partition coefficient (Wildman–Crippen LogP) is 4.83. The number of methoxy groups -OCH3 is 1. The molecule has 7 nitrogen and oxygen atoms in total. The number of carbonyl (C=O) groups is 2. The molecule has 1 aliphatic heterocycles. The number of hydrogen-bond donors (Lipinski definition) is 2. The average Bonchev–Trinajstić information content (AvgIpc) is 2.91. The SMILES string of the molecule is COc1ccccc1N1CCN(c2ccc(NC(=O)C3CCC3)cc2C(=O)NCc2ccc(F)cc2)CC1. The number of hydrogen-bond acceptors (Lipinski definition) is 5. The summed E-state index contributed by atoms with van der Waals surface area (Å²) in [4.78, 5) is 30.5. The van der Waals surface area contributed by atoms with Crippen molar-refractivity contribution in [3.63, 3.8) is 0 Å². The molecule has 8 heteroatoms. The van der Waals surface area contributed by atoms with Gasteiger partial charge in [0.1, 0.15) is 11.6 Å². The molecule has 0 unspecified atom stereocenters. The topological polar surface area (TPSA) is 73.9 Å². The minimum atomic E-state index is -0.315. The van der Waals surface area contributed by atoms with Crippen molar-refractivity contribution in [2.24, 2.45) is 5.92 Å². The number of halogens is 1. The van der Waals surface area contributed by atoms with Crippen LogP contribution in [-0.4, -0.2) is 45.1 Å². The van der Waals surface area contributed by atoms with Gasteiger partial charge in [0.05, 0.1) is 18.4 Å². The summed E-state index contributed by atoms with van der Waals surface area (Å²) in [5, 5.41) is 5.95. The molecule has 0 bridgehead atoms. The molecule has 0 radical (unpaired) electrons. The van der Waals surface area contributed by atoms with E-state index in [1.165, 1.54) is 12.1 Å². The number of rotatable bonds is 8. The number of carbonyl (C=O) groups excluding carboxylic acids is 2. The molecule has 38 heavy (non-hydrogen) atoms. The van der Waals surface area contributed by atoms with Crippen LogP contribution in [0.15, 0.2) is 66.7 Å². The molecule has 0 atom stereocenters.